The van der Waals surface area contributed by atoms with E-state index in [-0.39, 0.29) is 0 Å². The Hall–Kier alpha value is -6.98. The zero-order valence-corrected chi connectivity index (χ0v) is 47.3. The van der Waals surface area contributed by atoms with Crippen molar-refractivity contribution < 1.29 is 0 Å². The van der Waals surface area contributed by atoms with Gasteiger partial charge in [-0.05, 0) is 142 Å². The molecule has 0 atom stereocenters. The Balaban J connectivity index is 0.000000187. The summed E-state index contributed by atoms with van der Waals surface area (Å²) in [6, 6.07) is 64.0. The lowest BCUT2D eigenvalue weighted by Crippen LogP contribution is -2.36. The van der Waals surface area contributed by atoms with Crippen LogP contribution in [0, 0.1) is 27.7 Å². The average Bonchev–Trinajstić information content (AvgIpc) is 3.42. The highest BCUT2D eigenvalue weighted by Gasteiger charge is 2.27. The molecule has 8 aromatic rings. The Morgan fingerprint density at radius 3 is 1.28 bits per heavy atom. The maximum absolute atomic E-state index is 2.54. The highest BCUT2D eigenvalue weighted by atomic mass is 15.1. The summed E-state index contributed by atoms with van der Waals surface area (Å²) >= 11 is 0. The molecule has 1 aliphatic carbocycles. The summed E-state index contributed by atoms with van der Waals surface area (Å²) in [5.41, 5.74) is 24.5. The fraction of sp³-hybridized carbons (Fsp3) is 0.296. The highest BCUT2D eigenvalue weighted by molar-refractivity contribution is 5.86. The first-order valence-corrected chi connectivity index (χ1v) is 27.8. The summed E-state index contributed by atoms with van der Waals surface area (Å²) in [7, 11) is 8.62. The lowest BCUT2D eigenvalue weighted by Gasteiger charge is -2.24. The SMILES string of the molecule is CC.CC.Cc1ccc(C(c2ccc(C)cc2)=c2ccc3c(c2)Cc2ccccc2[N+]=3CCCN(C)C)cc1.Cc1ccc2c(c1)Cc1cc(C)ccc1C2=c1ccc2c(c1)Cc1ccccc1[N+]=2CCCN(C)C. The van der Waals surface area contributed by atoms with Crippen LogP contribution in [0.2, 0.25) is 0 Å². The van der Waals surface area contributed by atoms with E-state index < -0.39 is 0 Å². The molecule has 2 aliphatic heterocycles. The van der Waals surface area contributed by atoms with E-state index in [1.807, 2.05) is 27.7 Å². The molecule has 4 heteroatoms. The van der Waals surface area contributed by atoms with E-state index in [4.69, 9.17) is 0 Å². The molecule has 0 amide bonds. The number of rotatable bonds is 10. The third kappa shape index (κ3) is 12.4. The van der Waals surface area contributed by atoms with Crippen LogP contribution in [0.3, 0.4) is 0 Å². The summed E-state index contributed by atoms with van der Waals surface area (Å²) in [5.74, 6) is 0. The van der Waals surface area contributed by atoms with Gasteiger partial charge in [-0.3, -0.25) is 0 Å². The van der Waals surface area contributed by atoms with Crippen molar-refractivity contribution in [2.45, 2.75) is 87.5 Å². The van der Waals surface area contributed by atoms with Gasteiger partial charge in [0.15, 0.2) is 13.1 Å². The number of benzene rings is 8. The van der Waals surface area contributed by atoms with Crippen molar-refractivity contribution in [2.75, 3.05) is 54.4 Å². The van der Waals surface area contributed by atoms with E-state index >= 15 is 0 Å². The second kappa shape index (κ2) is 25.0. The second-order valence-electron chi connectivity index (χ2n) is 20.9. The van der Waals surface area contributed by atoms with Crippen LogP contribution in [-0.2, 0) is 19.3 Å². The van der Waals surface area contributed by atoms with Gasteiger partial charge in [0.05, 0.1) is 0 Å². The van der Waals surface area contributed by atoms with E-state index in [9.17, 15) is 0 Å². The van der Waals surface area contributed by atoms with Crippen LogP contribution in [-0.4, -0.2) is 64.2 Å². The van der Waals surface area contributed by atoms with Crippen LogP contribution in [0.25, 0.3) is 11.1 Å². The van der Waals surface area contributed by atoms with Crippen molar-refractivity contribution in [3.8, 4) is 0 Å². The molecule has 0 radical (unpaired) electrons. The molecule has 0 saturated carbocycles. The molecule has 384 valence electrons. The third-order valence-electron chi connectivity index (χ3n) is 14.7. The number of fused-ring (bicyclic) bond motifs is 6. The fourth-order valence-electron chi connectivity index (χ4n) is 11.2. The molecule has 2 heterocycles. The average molecular weight is 991 g/mol. The molecule has 0 bridgehead atoms. The van der Waals surface area contributed by atoms with Gasteiger partial charge >= 0.3 is 0 Å². The van der Waals surface area contributed by atoms with Crippen LogP contribution in [0.1, 0.15) is 118 Å². The zero-order chi connectivity index (χ0) is 53.2. The van der Waals surface area contributed by atoms with Gasteiger partial charge in [-0.2, -0.15) is 9.15 Å². The molecule has 0 saturated heterocycles. The molecule has 0 fully saturated rings. The summed E-state index contributed by atoms with van der Waals surface area (Å²) in [6.45, 7) is 20.9. The van der Waals surface area contributed by atoms with Gasteiger partial charge in [0.1, 0.15) is 0 Å². The fourth-order valence-corrected chi connectivity index (χ4v) is 11.2. The van der Waals surface area contributed by atoms with Crippen LogP contribution in [0.15, 0.2) is 170 Å². The molecule has 0 N–H and O–H groups in total. The van der Waals surface area contributed by atoms with Gasteiger partial charge in [-0.25, -0.2) is 0 Å². The van der Waals surface area contributed by atoms with Crippen molar-refractivity contribution in [3.63, 3.8) is 0 Å². The van der Waals surface area contributed by atoms with Gasteiger partial charge in [0, 0.05) is 85.3 Å². The quantitative estimate of drug-likeness (QED) is 0.127. The van der Waals surface area contributed by atoms with E-state index in [0.717, 1.165) is 58.3 Å². The molecule has 4 nitrogen and oxygen atoms in total. The van der Waals surface area contributed by atoms with Gasteiger partial charge in [-0.15, -0.1) is 0 Å². The van der Waals surface area contributed by atoms with Crippen molar-refractivity contribution in [1.29, 1.82) is 0 Å². The summed E-state index contributed by atoms with van der Waals surface area (Å²) in [4.78, 5) is 4.54. The van der Waals surface area contributed by atoms with Crippen molar-refractivity contribution in [3.05, 3.63) is 269 Å². The van der Waals surface area contributed by atoms with E-state index in [1.165, 1.54) is 122 Å². The number of para-hydroxylation sites is 2. The standard InChI is InChI=1S/C34H35N2.C33H35N2.2C2H6/c1-23-10-13-30-27(18-23)22-28-19-24(2)11-14-31(28)34(30)26-12-15-33-29(21-26)20-25-8-5-6-9-32(25)36(33)17-7-16-35(3)4;1-24-10-14-26(15-11-24)33(27-16-12-25(2)13-17-27)29-18-19-32-30(23-29)22-28-8-5-6-9-31(28)35(32)21-7-20-34(3)4;2*1-2/h5-6,8-15,18-19,21H,7,16-17,20,22H2,1-4H3;5-6,8-19,23H,7,20-22H2,1-4H3;2*1-2H3/q2*+1;;. The summed E-state index contributed by atoms with van der Waals surface area (Å²) in [5, 5.41) is 5.32. The first-order valence-electron chi connectivity index (χ1n) is 27.8. The maximum Gasteiger partial charge on any atom is 0.209 e. The zero-order valence-electron chi connectivity index (χ0n) is 47.3. The molecule has 75 heavy (non-hydrogen) atoms. The van der Waals surface area contributed by atoms with Gasteiger partial charge in [0.25, 0.3) is 0 Å². The largest absolute Gasteiger partial charge is 0.309 e. The smallest absolute Gasteiger partial charge is 0.209 e. The number of hydrogen-bond donors (Lipinski definition) is 0. The van der Waals surface area contributed by atoms with Crippen molar-refractivity contribution >= 4 is 22.5 Å². The predicted octanol–water partition coefficient (Wildman–Crippen LogP) is 12.4. The lowest BCUT2D eigenvalue weighted by atomic mass is 9.80. The minimum absolute atomic E-state index is 0.971. The third-order valence-corrected chi connectivity index (χ3v) is 14.7. The molecule has 8 aromatic carbocycles. The highest BCUT2D eigenvalue weighted by Crippen LogP contribution is 2.36. The monoisotopic (exact) mass is 991 g/mol. The first kappa shape index (κ1) is 54.3. The number of nitrogens with zero attached hydrogens (tertiary/aromatic N) is 4. The molecule has 0 aromatic heterocycles. The minimum Gasteiger partial charge on any atom is -0.309 e. The van der Waals surface area contributed by atoms with Crippen molar-refractivity contribution in [1.82, 2.24) is 19.0 Å². The number of hydrogen-bond acceptors (Lipinski definition) is 2. The Bertz CT molecular complexity index is 3440. The van der Waals surface area contributed by atoms with E-state index in [2.05, 4.69) is 245 Å². The molecular weight excluding hydrogens is 909 g/mol. The Morgan fingerprint density at radius 1 is 0.400 bits per heavy atom. The molecule has 11 rings (SSSR count). The van der Waals surface area contributed by atoms with Crippen LogP contribution in [0.4, 0.5) is 11.4 Å². The van der Waals surface area contributed by atoms with Gasteiger partial charge in [0.2, 0.25) is 22.1 Å². The van der Waals surface area contributed by atoms with Gasteiger partial charge < -0.3 is 9.80 Å². The van der Waals surface area contributed by atoms with Gasteiger partial charge in [-0.1, -0.05) is 171 Å². The first-order chi connectivity index (χ1) is 36.5. The van der Waals surface area contributed by atoms with E-state index in [1.54, 1.807) is 0 Å². The minimum atomic E-state index is 0.971. The normalized spacial score (nSPS) is 12.6. The molecule has 0 unspecified atom stereocenters. The Morgan fingerprint density at radius 2 is 0.813 bits per heavy atom. The lowest BCUT2D eigenvalue weighted by molar-refractivity contribution is 0.394. The summed E-state index contributed by atoms with van der Waals surface area (Å²) in [6.07, 6.45) is 5.23. The van der Waals surface area contributed by atoms with Crippen LogP contribution in [0.5, 0.6) is 0 Å². The van der Waals surface area contributed by atoms with Crippen LogP contribution >= 0.6 is 0 Å². The number of aryl methyl sites for hydroxylation is 4. The van der Waals surface area contributed by atoms with E-state index in [0.29, 0.717) is 0 Å². The summed E-state index contributed by atoms with van der Waals surface area (Å²) < 4.78 is 5.07. The predicted molar refractivity (Wildman–Crippen MR) is 321 cm³/mol. The Labute approximate surface area is 450 Å². The molecular formula is C71H82N4+2. The molecule has 3 aliphatic rings. The van der Waals surface area contributed by atoms with Crippen molar-refractivity contribution in [2.24, 2.45) is 0 Å². The Kier molecular flexibility index (Phi) is 18.1. The second-order valence-corrected chi connectivity index (χ2v) is 20.9. The maximum atomic E-state index is 2.54. The molecule has 0 spiro atoms. The topological polar surface area (TPSA) is 12.5 Å². The van der Waals surface area contributed by atoms with Crippen LogP contribution < -0.4 is 30.3 Å².